The van der Waals surface area contributed by atoms with Crippen LogP contribution in [0.15, 0.2) is 48.5 Å². The SMILES string of the molecule is COc1cc(CNCC(C)C)ccc1OCc1ccccc1. The number of benzene rings is 2. The van der Waals surface area contributed by atoms with Crippen molar-refractivity contribution in [2.24, 2.45) is 5.92 Å². The summed E-state index contributed by atoms with van der Waals surface area (Å²) in [5.74, 6) is 2.20. The smallest absolute Gasteiger partial charge is 0.161 e. The van der Waals surface area contributed by atoms with Crippen molar-refractivity contribution < 1.29 is 9.47 Å². The van der Waals surface area contributed by atoms with E-state index >= 15 is 0 Å². The Balaban J connectivity index is 1.96. The average Bonchev–Trinajstić information content (AvgIpc) is 2.54. The second-order valence-electron chi connectivity index (χ2n) is 5.78. The lowest BCUT2D eigenvalue weighted by Crippen LogP contribution is -2.18. The van der Waals surface area contributed by atoms with Gasteiger partial charge in [-0.1, -0.05) is 50.2 Å². The molecule has 0 bridgehead atoms. The van der Waals surface area contributed by atoms with Crippen molar-refractivity contribution in [3.8, 4) is 11.5 Å². The third-order valence-electron chi connectivity index (χ3n) is 3.35. The highest BCUT2D eigenvalue weighted by Crippen LogP contribution is 2.28. The Hall–Kier alpha value is -2.00. The van der Waals surface area contributed by atoms with Gasteiger partial charge in [-0.05, 0) is 35.7 Å². The highest BCUT2D eigenvalue weighted by atomic mass is 16.5. The average molecular weight is 299 g/mol. The second-order valence-corrected chi connectivity index (χ2v) is 5.78. The van der Waals surface area contributed by atoms with Crippen LogP contribution in [0.2, 0.25) is 0 Å². The molecule has 0 aliphatic carbocycles. The van der Waals surface area contributed by atoms with Crippen LogP contribution in [0.1, 0.15) is 25.0 Å². The predicted octanol–water partition coefficient (Wildman–Crippen LogP) is 4.02. The number of methoxy groups -OCH3 is 1. The van der Waals surface area contributed by atoms with E-state index in [1.807, 2.05) is 30.3 Å². The van der Waals surface area contributed by atoms with E-state index in [-0.39, 0.29) is 0 Å². The van der Waals surface area contributed by atoms with Crippen molar-refractivity contribution in [1.29, 1.82) is 0 Å². The minimum Gasteiger partial charge on any atom is -0.493 e. The molecule has 0 fully saturated rings. The van der Waals surface area contributed by atoms with Crippen LogP contribution in [-0.4, -0.2) is 13.7 Å². The molecule has 0 atom stereocenters. The number of rotatable bonds is 8. The number of ether oxygens (including phenoxy) is 2. The van der Waals surface area contributed by atoms with Gasteiger partial charge in [0.1, 0.15) is 6.61 Å². The minimum atomic E-state index is 0.544. The van der Waals surface area contributed by atoms with Gasteiger partial charge in [0.05, 0.1) is 7.11 Å². The number of nitrogens with one attached hydrogen (secondary N) is 1. The van der Waals surface area contributed by atoms with E-state index in [2.05, 4.69) is 37.4 Å². The molecule has 22 heavy (non-hydrogen) atoms. The summed E-state index contributed by atoms with van der Waals surface area (Å²) in [7, 11) is 1.68. The van der Waals surface area contributed by atoms with Crippen molar-refractivity contribution in [3.05, 3.63) is 59.7 Å². The van der Waals surface area contributed by atoms with Crippen LogP contribution in [0.4, 0.5) is 0 Å². The fraction of sp³-hybridized carbons (Fsp3) is 0.368. The standard InChI is InChI=1S/C19H25NO2/c1-15(2)12-20-13-17-9-10-18(19(11-17)21-3)22-14-16-7-5-4-6-8-16/h4-11,15,20H,12-14H2,1-3H3. The Morgan fingerprint density at radius 2 is 1.73 bits per heavy atom. The molecule has 118 valence electrons. The van der Waals surface area contributed by atoms with Gasteiger partial charge in [0, 0.05) is 6.54 Å². The summed E-state index contributed by atoms with van der Waals surface area (Å²) >= 11 is 0. The lowest BCUT2D eigenvalue weighted by molar-refractivity contribution is 0.284. The molecule has 0 aromatic heterocycles. The molecule has 2 aromatic rings. The van der Waals surface area contributed by atoms with E-state index in [0.29, 0.717) is 12.5 Å². The summed E-state index contributed by atoms with van der Waals surface area (Å²) in [5.41, 5.74) is 2.34. The maximum absolute atomic E-state index is 5.87. The highest BCUT2D eigenvalue weighted by Gasteiger charge is 2.06. The van der Waals surface area contributed by atoms with Crippen molar-refractivity contribution in [2.45, 2.75) is 27.0 Å². The van der Waals surface area contributed by atoms with Crippen LogP contribution in [0.5, 0.6) is 11.5 Å². The van der Waals surface area contributed by atoms with Gasteiger partial charge in [-0.2, -0.15) is 0 Å². The highest BCUT2D eigenvalue weighted by molar-refractivity contribution is 5.43. The third-order valence-corrected chi connectivity index (χ3v) is 3.35. The van der Waals surface area contributed by atoms with Gasteiger partial charge in [-0.3, -0.25) is 0 Å². The fourth-order valence-corrected chi connectivity index (χ4v) is 2.18. The fourth-order valence-electron chi connectivity index (χ4n) is 2.18. The first-order valence-electron chi connectivity index (χ1n) is 7.73. The van der Waals surface area contributed by atoms with E-state index in [4.69, 9.17) is 9.47 Å². The third kappa shape index (κ3) is 5.08. The van der Waals surface area contributed by atoms with Gasteiger partial charge in [0.25, 0.3) is 0 Å². The monoisotopic (exact) mass is 299 g/mol. The molecule has 0 aliphatic heterocycles. The first kappa shape index (κ1) is 16.4. The van der Waals surface area contributed by atoms with Crippen molar-refractivity contribution in [3.63, 3.8) is 0 Å². The zero-order valence-electron chi connectivity index (χ0n) is 13.6. The molecule has 1 N–H and O–H groups in total. The van der Waals surface area contributed by atoms with Gasteiger partial charge in [-0.15, -0.1) is 0 Å². The topological polar surface area (TPSA) is 30.5 Å². The van der Waals surface area contributed by atoms with Gasteiger partial charge in [0.2, 0.25) is 0 Å². The molecule has 3 heteroatoms. The van der Waals surface area contributed by atoms with Gasteiger partial charge < -0.3 is 14.8 Å². The Morgan fingerprint density at radius 1 is 0.955 bits per heavy atom. The van der Waals surface area contributed by atoms with Crippen molar-refractivity contribution in [1.82, 2.24) is 5.32 Å². The maximum atomic E-state index is 5.87. The molecule has 0 amide bonds. The van der Waals surface area contributed by atoms with Gasteiger partial charge in [0.15, 0.2) is 11.5 Å². The van der Waals surface area contributed by atoms with E-state index in [9.17, 15) is 0 Å². The second kappa shape index (κ2) is 8.44. The lowest BCUT2D eigenvalue weighted by atomic mass is 10.1. The Kier molecular flexibility index (Phi) is 6.28. The molecule has 0 spiro atoms. The largest absolute Gasteiger partial charge is 0.493 e. The van der Waals surface area contributed by atoms with E-state index in [0.717, 1.165) is 30.2 Å². The summed E-state index contributed by atoms with van der Waals surface area (Å²) in [5, 5.41) is 3.43. The molecule has 0 unspecified atom stereocenters. The maximum Gasteiger partial charge on any atom is 0.161 e. The summed E-state index contributed by atoms with van der Waals surface area (Å²) in [4.78, 5) is 0. The van der Waals surface area contributed by atoms with E-state index < -0.39 is 0 Å². The van der Waals surface area contributed by atoms with Crippen LogP contribution in [0, 0.1) is 5.92 Å². The Labute approximate surface area is 133 Å². The normalized spacial score (nSPS) is 10.7. The molecule has 0 radical (unpaired) electrons. The molecule has 0 aliphatic rings. The number of hydrogen-bond acceptors (Lipinski definition) is 3. The van der Waals surface area contributed by atoms with Crippen LogP contribution in [0.3, 0.4) is 0 Å². The van der Waals surface area contributed by atoms with Crippen LogP contribution >= 0.6 is 0 Å². The van der Waals surface area contributed by atoms with E-state index in [1.165, 1.54) is 5.56 Å². The first-order chi connectivity index (χ1) is 10.7. The Bertz CT molecular complexity index is 567. The van der Waals surface area contributed by atoms with Crippen molar-refractivity contribution >= 4 is 0 Å². The lowest BCUT2D eigenvalue weighted by Gasteiger charge is -2.13. The summed E-state index contributed by atoms with van der Waals surface area (Å²) in [6, 6.07) is 16.2. The summed E-state index contributed by atoms with van der Waals surface area (Å²) in [6.07, 6.45) is 0. The quantitative estimate of drug-likeness (QED) is 0.798. The van der Waals surface area contributed by atoms with Crippen LogP contribution in [-0.2, 0) is 13.2 Å². The van der Waals surface area contributed by atoms with Crippen molar-refractivity contribution in [2.75, 3.05) is 13.7 Å². The summed E-state index contributed by atoms with van der Waals surface area (Å²) in [6.45, 7) is 6.80. The van der Waals surface area contributed by atoms with Gasteiger partial charge >= 0.3 is 0 Å². The van der Waals surface area contributed by atoms with Gasteiger partial charge in [-0.25, -0.2) is 0 Å². The molecular weight excluding hydrogens is 274 g/mol. The molecule has 0 heterocycles. The predicted molar refractivity (Wildman–Crippen MR) is 90.3 cm³/mol. The van der Waals surface area contributed by atoms with Crippen LogP contribution in [0.25, 0.3) is 0 Å². The molecule has 0 saturated heterocycles. The zero-order chi connectivity index (χ0) is 15.8. The zero-order valence-corrected chi connectivity index (χ0v) is 13.6. The Morgan fingerprint density at radius 3 is 2.41 bits per heavy atom. The van der Waals surface area contributed by atoms with Crippen LogP contribution < -0.4 is 14.8 Å². The summed E-state index contributed by atoms with van der Waals surface area (Å²) < 4.78 is 11.3. The molecular formula is C19H25NO2. The molecule has 2 aromatic carbocycles. The first-order valence-corrected chi connectivity index (χ1v) is 7.73. The number of hydrogen-bond donors (Lipinski definition) is 1. The molecule has 2 rings (SSSR count). The van der Waals surface area contributed by atoms with E-state index in [1.54, 1.807) is 7.11 Å². The minimum absolute atomic E-state index is 0.544. The molecule has 0 saturated carbocycles. The molecule has 3 nitrogen and oxygen atoms in total.